The van der Waals surface area contributed by atoms with Crippen LogP contribution in [-0.4, -0.2) is 55.1 Å². The summed E-state index contributed by atoms with van der Waals surface area (Å²) in [6, 6.07) is 1.54. The lowest BCUT2D eigenvalue weighted by Gasteiger charge is -2.36. The van der Waals surface area contributed by atoms with Gasteiger partial charge in [-0.2, -0.15) is 0 Å². The average Bonchev–Trinajstić information content (AvgIpc) is 2.74. The molecule has 100 valence electrons. The molecule has 2 rings (SSSR count). The maximum absolute atomic E-state index is 5.81. The molecule has 0 spiro atoms. The molecular formula is C14H29N3. The molecule has 1 heterocycles. The van der Waals surface area contributed by atoms with Crippen LogP contribution < -0.4 is 5.73 Å². The summed E-state index contributed by atoms with van der Waals surface area (Å²) in [6.07, 6.45) is 6.85. The highest BCUT2D eigenvalue weighted by Gasteiger charge is 2.32. The Hall–Kier alpha value is -0.120. The minimum absolute atomic E-state index is 0.693. The molecule has 3 heteroatoms. The van der Waals surface area contributed by atoms with Gasteiger partial charge in [0.05, 0.1) is 0 Å². The Labute approximate surface area is 106 Å². The molecule has 17 heavy (non-hydrogen) atoms. The van der Waals surface area contributed by atoms with Crippen LogP contribution in [0, 0.1) is 5.92 Å². The van der Waals surface area contributed by atoms with Crippen LogP contribution in [0.5, 0.6) is 0 Å². The van der Waals surface area contributed by atoms with Gasteiger partial charge in [-0.1, -0.05) is 19.8 Å². The molecule has 0 aromatic heterocycles. The first-order valence-electron chi connectivity index (χ1n) is 7.35. The topological polar surface area (TPSA) is 32.5 Å². The quantitative estimate of drug-likeness (QED) is 0.811. The Morgan fingerprint density at radius 3 is 2.47 bits per heavy atom. The van der Waals surface area contributed by atoms with Crippen molar-refractivity contribution in [2.45, 2.75) is 51.1 Å². The summed E-state index contributed by atoms with van der Waals surface area (Å²) >= 11 is 0. The first-order chi connectivity index (χ1) is 8.20. The van der Waals surface area contributed by atoms with Crippen molar-refractivity contribution >= 4 is 0 Å². The van der Waals surface area contributed by atoms with E-state index in [-0.39, 0.29) is 0 Å². The fourth-order valence-corrected chi connectivity index (χ4v) is 3.77. The van der Waals surface area contributed by atoms with Gasteiger partial charge in [0, 0.05) is 31.7 Å². The van der Waals surface area contributed by atoms with Gasteiger partial charge < -0.3 is 10.6 Å². The van der Waals surface area contributed by atoms with E-state index in [1.54, 1.807) is 0 Å². The van der Waals surface area contributed by atoms with Crippen molar-refractivity contribution < 1.29 is 0 Å². The van der Waals surface area contributed by atoms with Gasteiger partial charge in [0.2, 0.25) is 0 Å². The Morgan fingerprint density at radius 1 is 1.12 bits per heavy atom. The minimum atomic E-state index is 0.693. The predicted molar refractivity (Wildman–Crippen MR) is 73.1 cm³/mol. The van der Waals surface area contributed by atoms with Crippen molar-refractivity contribution in [1.82, 2.24) is 9.80 Å². The number of likely N-dealkylation sites (N-methyl/N-ethyl adjacent to an activating group) is 1. The van der Waals surface area contributed by atoms with Crippen molar-refractivity contribution in [2.24, 2.45) is 11.7 Å². The minimum Gasteiger partial charge on any atom is -0.330 e. The molecule has 0 aromatic carbocycles. The molecular weight excluding hydrogens is 210 g/mol. The zero-order valence-electron chi connectivity index (χ0n) is 11.6. The van der Waals surface area contributed by atoms with Crippen LogP contribution in [0.25, 0.3) is 0 Å². The molecule has 2 unspecified atom stereocenters. The van der Waals surface area contributed by atoms with Gasteiger partial charge in [-0.3, -0.25) is 4.90 Å². The maximum atomic E-state index is 5.81. The second-order valence-corrected chi connectivity index (χ2v) is 6.19. The van der Waals surface area contributed by atoms with Gasteiger partial charge in [-0.15, -0.1) is 0 Å². The zero-order chi connectivity index (χ0) is 12.3. The van der Waals surface area contributed by atoms with Gasteiger partial charge in [-0.05, 0) is 38.8 Å². The first kappa shape index (κ1) is 13.3. The van der Waals surface area contributed by atoms with E-state index >= 15 is 0 Å². The van der Waals surface area contributed by atoms with Gasteiger partial charge in [-0.25, -0.2) is 0 Å². The molecule has 1 saturated carbocycles. The molecule has 1 aliphatic carbocycles. The highest BCUT2D eigenvalue weighted by Crippen LogP contribution is 2.28. The Bertz CT molecular complexity index is 226. The SMILES string of the molecule is CC1CN(C)CC(CCN)N(C2CCCC2)C1. The lowest BCUT2D eigenvalue weighted by molar-refractivity contribution is 0.120. The highest BCUT2D eigenvalue weighted by molar-refractivity contribution is 4.88. The summed E-state index contributed by atoms with van der Waals surface area (Å²) in [5.41, 5.74) is 5.81. The molecule has 0 radical (unpaired) electrons. The monoisotopic (exact) mass is 239 g/mol. The normalized spacial score (nSPS) is 34.1. The lowest BCUT2D eigenvalue weighted by Crippen LogP contribution is -2.46. The van der Waals surface area contributed by atoms with E-state index < -0.39 is 0 Å². The summed E-state index contributed by atoms with van der Waals surface area (Å²) in [6.45, 7) is 6.95. The number of nitrogens with zero attached hydrogens (tertiary/aromatic N) is 2. The van der Waals surface area contributed by atoms with Crippen molar-refractivity contribution in [3.63, 3.8) is 0 Å². The summed E-state index contributed by atoms with van der Waals surface area (Å²) < 4.78 is 0. The molecule has 1 aliphatic heterocycles. The van der Waals surface area contributed by atoms with E-state index in [2.05, 4.69) is 23.8 Å². The highest BCUT2D eigenvalue weighted by atomic mass is 15.3. The number of hydrogen-bond donors (Lipinski definition) is 1. The second-order valence-electron chi connectivity index (χ2n) is 6.19. The number of rotatable bonds is 3. The standard InChI is InChI=1S/C14H29N3/c1-12-9-16(2)11-14(7-8-15)17(10-12)13-5-3-4-6-13/h12-14H,3-11,15H2,1-2H3. The van der Waals surface area contributed by atoms with Gasteiger partial charge in [0.25, 0.3) is 0 Å². The van der Waals surface area contributed by atoms with Crippen LogP contribution >= 0.6 is 0 Å². The Morgan fingerprint density at radius 2 is 1.82 bits per heavy atom. The third-order valence-corrected chi connectivity index (χ3v) is 4.43. The molecule has 0 bridgehead atoms. The van der Waals surface area contributed by atoms with Crippen LogP contribution in [0.2, 0.25) is 0 Å². The van der Waals surface area contributed by atoms with E-state index in [0.717, 1.165) is 24.9 Å². The van der Waals surface area contributed by atoms with Crippen LogP contribution in [0.1, 0.15) is 39.0 Å². The van der Waals surface area contributed by atoms with Crippen molar-refractivity contribution in [3.8, 4) is 0 Å². The van der Waals surface area contributed by atoms with Crippen LogP contribution in [-0.2, 0) is 0 Å². The smallest absolute Gasteiger partial charge is 0.0238 e. The second kappa shape index (κ2) is 6.17. The lowest BCUT2D eigenvalue weighted by atomic mass is 10.1. The summed E-state index contributed by atoms with van der Waals surface area (Å²) in [5.74, 6) is 0.795. The molecule has 0 amide bonds. The molecule has 2 aliphatic rings. The maximum Gasteiger partial charge on any atom is 0.0238 e. The Balaban J connectivity index is 2.05. The average molecular weight is 239 g/mol. The summed E-state index contributed by atoms with van der Waals surface area (Å²) in [5, 5.41) is 0. The number of hydrogen-bond acceptors (Lipinski definition) is 3. The van der Waals surface area contributed by atoms with Crippen LogP contribution in [0.15, 0.2) is 0 Å². The summed E-state index contributed by atoms with van der Waals surface area (Å²) in [7, 11) is 2.26. The third kappa shape index (κ3) is 3.43. The van der Waals surface area contributed by atoms with Gasteiger partial charge in [0.15, 0.2) is 0 Å². The molecule has 2 atom stereocenters. The van der Waals surface area contributed by atoms with E-state index in [4.69, 9.17) is 5.73 Å². The Kier molecular flexibility index (Phi) is 4.83. The molecule has 1 saturated heterocycles. The molecule has 2 fully saturated rings. The molecule has 2 N–H and O–H groups in total. The van der Waals surface area contributed by atoms with Crippen molar-refractivity contribution in [3.05, 3.63) is 0 Å². The first-order valence-corrected chi connectivity index (χ1v) is 7.35. The molecule has 3 nitrogen and oxygen atoms in total. The fraction of sp³-hybridized carbons (Fsp3) is 1.00. The van der Waals surface area contributed by atoms with Crippen LogP contribution in [0.4, 0.5) is 0 Å². The summed E-state index contributed by atoms with van der Waals surface area (Å²) in [4.78, 5) is 5.30. The largest absolute Gasteiger partial charge is 0.330 e. The predicted octanol–water partition coefficient (Wildman–Crippen LogP) is 1.53. The number of nitrogens with two attached hydrogens (primary N) is 1. The molecule has 0 aromatic rings. The zero-order valence-corrected chi connectivity index (χ0v) is 11.6. The van der Waals surface area contributed by atoms with Gasteiger partial charge in [0.1, 0.15) is 0 Å². The van der Waals surface area contributed by atoms with E-state index in [9.17, 15) is 0 Å². The van der Waals surface area contributed by atoms with E-state index in [0.29, 0.717) is 6.04 Å². The van der Waals surface area contributed by atoms with Crippen molar-refractivity contribution in [2.75, 3.05) is 33.2 Å². The van der Waals surface area contributed by atoms with Gasteiger partial charge >= 0.3 is 0 Å². The third-order valence-electron chi connectivity index (χ3n) is 4.43. The van der Waals surface area contributed by atoms with Crippen molar-refractivity contribution in [1.29, 1.82) is 0 Å². The van der Waals surface area contributed by atoms with E-state index in [1.807, 2.05) is 0 Å². The van der Waals surface area contributed by atoms with Crippen LogP contribution in [0.3, 0.4) is 0 Å². The van der Waals surface area contributed by atoms with E-state index in [1.165, 1.54) is 45.3 Å². The fourth-order valence-electron chi connectivity index (χ4n) is 3.77.